The van der Waals surface area contributed by atoms with Gasteiger partial charge in [0, 0.05) is 22.3 Å². The van der Waals surface area contributed by atoms with Crippen molar-refractivity contribution in [1.29, 1.82) is 0 Å². The van der Waals surface area contributed by atoms with Crippen LogP contribution >= 0.6 is 11.3 Å². The van der Waals surface area contributed by atoms with Crippen LogP contribution in [0.5, 0.6) is 0 Å². The Labute approximate surface area is 265 Å². The first-order valence-corrected chi connectivity index (χ1v) is 15.6. The molecule has 5 heteroatoms. The molecule has 8 aromatic rings. The summed E-state index contributed by atoms with van der Waals surface area (Å²) >= 11 is 1.68. The first-order valence-electron chi connectivity index (χ1n) is 14.8. The minimum Gasteiger partial charge on any atom is -0.236 e. The van der Waals surface area contributed by atoms with Crippen molar-refractivity contribution in [2.75, 3.05) is 0 Å². The molecule has 0 aliphatic heterocycles. The van der Waals surface area contributed by atoms with Crippen LogP contribution in [-0.4, -0.2) is 19.9 Å². The molecule has 4 nitrogen and oxygen atoms in total. The topological polar surface area (TPSA) is 51.6 Å². The molecule has 0 saturated carbocycles. The van der Waals surface area contributed by atoms with E-state index in [2.05, 4.69) is 84.9 Å². The van der Waals surface area contributed by atoms with Crippen molar-refractivity contribution >= 4 is 21.6 Å². The molecular formula is C40H26N4S. The molecule has 0 radical (unpaired) electrons. The minimum absolute atomic E-state index is 0.641. The first kappa shape index (κ1) is 26.8. The van der Waals surface area contributed by atoms with Crippen molar-refractivity contribution < 1.29 is 0 Å². The third-order valence-corrected chi connectivity index (χ3v) is 8.87. The van der Waals surface area contributed by atoms with Gasteiger partial charge in [0.25, 0.3) is 0 Å². The number of thiazole rings is 1. The van der Waals surface area contributed by atoms with Gasteiger partial charge in [0.2, 0.25) is 0 Å². The van der Waals surface area contributed by atoms with E-state index in [1.165, 1.54) is 22.3 Å². The van der Waals surface area contributed by atoms with E-state index >= 15 is 0 Å². The van der Waals surface area contributed by atoms with Crippen molar-refractivity contribution in [3.05, 3.63) is 158 Å². The molecular weight excluding hydrogens is 569 g/mol. The van der Waals surface area contributed by atoms with Gasteiger partial charge in [-0.3, -0.25) is 0 Å². The monoisotopic (exact) mass is 594 g/mol. The van der Waals surface area contributed by atoms with E-state index in [9.17, 15) is 0 Å². The molecule has 0 unspecified atom stereocenters. The molecule has 0 spiro atoms. The van der Waals surface area contributed by atoms with Gasteiger partial charge in [-0.05, 0) is 40.5 Å². The van der Waals surface area contributed by atoms with Gasteiger partial charge in [0.05, 0.1) is 10.2 Å². The van der Waals surface area contributed by atoms with E-state index in [0.29, 0.717) is 17.5 Å². The van der Waals surface area contributed by atoms with Crippen LogP contribution in [0.4, 0.5) is 0 Å². The third kappa shape index (κ3) is 5.53. The minimum atomic E-state index is 0.641. The number of aromatic nitrogens is 4. The summed E-state index contributed by atoms with van der Waals surface area (Å²) in [6, 6.07) is 54.2. The van der Waals surface area contributed by atoms with Crippen LogP contribution in [0.1, 0.15) is 0 Å². The average molecular weight is 595 g/mol. The Morgan fingerprint density at radius 3 is 1.18 bits per heavy atom. The number of rotatable bonds is 6. The third-order valence-electron chi connectivity index (χ3n) is 7.80. The summed E-state index contributed by atoms with van der Waals surface area (Å²) in [6.45, 7) is 0. The molecule has 45 heavy (non-hydrogen) atoms. The SMILES string of the molecule is c1ccc(-c2ccc(-c3ccc(-c4nc5ccc(-c6nc(-c7ccccc7)nc(-c7ccccc7)n6)cc5s4)cc3)cc2)cc1. The van der Waals surface area contributed by atoms with Gasteiger partial charge in [-0.1, -0.05) is 140 Å². The van der Waals surface area contributed by atoms with Crippen LogP contribution in [0.25, 0.3) is 77.2 Å². The van der Waals surface area contributed by atoms with Crippen molar-refractivity contribution in [1.82, 2.24) is 19.9 Å². The Kier molecular flexibility index (Phi) is 6.98. The van der Waals surface area contributed by atoms with Gasteiger partial charge in [-0.15, -0.1) is 11.3 Å². The van der Waals surface area contributed by atoms with E-state index in [0.717, 1.165) is 37.5 Å². The second-order valence-electron chi connectivity index (χ2n) is 10.8. The Morgan fingerprint density at radius 1 is 0.311 bits per heavy atom. The molecule has 212 valence electrons. The summed E-state index contributed by atoms with van der Waals surface area (Å²) in [5.41, 5.74) is 9.71. The maximum atomic E-state index is 4.96. The zero-order valence-corrected chi connectivity index (χ0v) is 25.0. The van der Waals surface area contributed by atoms with Crippen molar-refractivity contribution in [2.24, 2.45) is 0 Å². The Hall–Kier alpha value is -5.78. The highest BCUT2D eigenvalue weighted by molar-refractivity contribution is 7.21. The first-order chi connectivity index (χ1) is 22.3. The lowest BCUT2D eigenvalue weighted by molar-refractivity contribution is 1.07. The molecule has 0 atom stereocenters. The van der Waals surface area contributed by atoms with Crippen LogP contribution in [0.2, 0.25) is 0 Å². The van der Waals surface area contributed by atoms with Crippen molar-refractivity contribution in [3.63, 3.8) is 0 Å². The lowest BCUT2D eigenvalue weighted by Gasteiger charge is -2.08. The molecule has 2 aromatic heterocycles. The molecule has 0 aliphatic carbocycles. The molecule has 0 saturated heterocycles. The summed E-state index contributed by atoms with van der Waals surface area (Å²) in [5, 5.41) is 0.985. The molecule has 0 fully saturated rings. The lowest BCUT2D eigenvalue weighted by Crippen LogP contribution is -1.99. The summed E-state index contributed by atoms with van der Waals surface area (Å²) in [7, 11) is 0. The quantitative estimate of drug-likeness (QED) is 0.192. The maximum absolute atomic E-state index is 4.96. The van der Waals surface area contributed by atoms with E-state index in [4.69, 9.17) is 19.9 Å². The van der Waals surface area contributed by atoms with E-state index in [-0.39, 0.29) is 0 Å². The number of nitrogens with zero attached hydrogens (tertiary/aromatic N) is 4. The second-order valence-corrected chi connectivity index (χ2v) is 11.8. The van der Waals surface area contributed by atoms with Gasteiger partial charge in [-0.2, -0.15) is 0 Å². The standard InChI is InChI=1S/C40H26N4S/c1-4-10-27(11-5-1)28-16-18-29(19-17-28)30-20-22-33(23-21-30)40-41-35-25-24-34(26-36(35)45-40)39-43-37(31-12-6-2-7-13-31)42-38(44-39)32-14-8-3-9-15-32/h1-26H. The fourth-order valence-electron chi connectivity index (χ4n) is 5.42. The van der Waals surface area contributed by atoms with Crippen LogP contribution in [-0.2, 0) is 0 Å². The maximum Gasteiger partial charge on any atom is 0.164 e. The molecule has 0 N–H and O–H groups in total. The normalized spacial score (nSPS) is 11.1. The predicted octanol–water partition coefficient (Wildman–Crippen LogP) is 10.5. The fourth-order valence-corrected chi connectivity index (χ4v) is 6.43. The fraction of sp³-hybridized carbons (Fsp3) is 0. The number of benzene rings is 6. The number of hydrogen-bond donors (Lipinski definition) is 0. The number of fused-ring (bicyclic) bond motifs is 1. The molecule has 0 aliphatic rings. The Balaban J connectivity index is 1.10. The number of hydrogen-bond acceptors (Lipinski definition) is 5. The zero-order chi connectivity index (χ0) is 30.0. The second kappa shape index (κ2) is 11.7. The van der Waals surface area contributed by atoms with Crippen LogP contribution in [0, 0.1) is 0 Å². The smallest absolute Gasteiger partial charge is 0.164 e. The van der Waals surface area contributed by atoms with E-state index < -0.39 is 0 Å². The van der Waals surface area contributed by atoms with Crippen LogP contribution < -0.4 is 0 Å². The highest BCUT2D eigenvalue weighted by Gasteiger charge is 2.14. The van der Waals surface area contributed by atoms with Gasteiger partial charge in [0.15, 0.2) is 17.5 Å². The molecule has 0 bridgehead atoms. The Bertz CT molecular complexity index is 2170. The Morgan fingerprint density at radius 2 is 0.689 bits per heavy atom. The van der Waals surface area contributed by atoms with Gasteiger partial charge < -0.3 is 0 Å². The van der Waals surface area contributed by atoms with Crippen LogP contribution in [0.15, 0.2) is 158 Å². The summed E-state index contributed by atoms with van der Waals surface area (Å²) < 4.78 is 1.09. The van der Waals surface area contributed by atoms with Crippen LogP contribution in [0.3, 0.4) is 0 Å². The highest BCUT2D eigenvalue weighted by Crippen LogP contribution is 2.34. The molecule has 0 amide bonds. The highest BCUT2D eigenvalue weighted by atomic mass is 32.1. The van der Waals surface area contributed by atoms with E-state index in [1.807, 2.05) is 72.8 Å². The zero-order valence-electron chi connectivity index (χ0n) is 24.2. The largest absolute Gasteiger partial charge is 0.236 e. The molecule has 6 aromatic carbocycles. The average Bonchev–Trinajstić information content (AvgIpc) is 3.56. The summed E-state index contributed by atoms with van der Waals surface area (Å²) in [6.07, 6.45) is 0. The van der Waals surface area contributed by atoms with Gasteiger partial charge in [0.1, 0.15) is 5.01 Å². The predicted molar refractivity (Wildman–Crippen MR) is 186 cm³/mol. The molecule has 2 heterocycles. The van der Waals surface area contributed by atoms with E-state index in [1.54, 1.807) is 11.3 Å². The van der Waals surface area contributed by atoms with Crippen molar-refractivity contribution in [2.45, 2.75) is 0 Å². The summed E-state index contributed by atoms with van der Waals surface area (Å²) in [5.74, 6) is 1.95. The summed E-state index contributed by atoms with van der Waals surface area (Å²) in [4.78, 5) is 19.6. The lowest BCUT2D eigenvalue weighted by atomic mass is 10.00. The van der Waals surface area contributed by atoms with Crippen molar-refractivity contribution in [3.8, 4) is 67.0 Å². The van der Waals surface area contributed by atoms with Gasteiger partial charge in [-0.25, -0.2) is 19.9 Å². The van der Waals surface area contributed by atoms with Gasteiger partial charge >= 0.3 is 0 Å². The molecule has 8 rings (SSSR count).